The highest BCUT2D eigenvalue weighted by atomic mass is 19.4. The fraction of sp³-hybridized carbons (Fsp3) is 0.600. The van der Waals surface area contributed by atoms with Crippen molar-refractivity contribution in [3.63, 3.8) is 0 Å². The Kier molecular flexibility index (Phi) is 5.26. The molecule has 4 aliphatic heterocycles. The molecule has 6 heterocycles. The van der Waals surface area contributed by atoms with Crippen molar-refractivity contribution in [2.24, 2.45) is 5.92 Å². The number of likely N-dealkylation sites (tertiary alicyclic amines) is 1. The summed E-state index contributed by atoms with van der Waals surface area (Å²) in [6, 6.07) is 3.10. The van der Waals surface area contributed by atoms with Gasteiger partial charge in [0.15, 0.2) is 0 Å². The van der Waals surface area contributed by atoms with Crippen LogP contribution in [0.25, 0.3) is 11.3 Å². The third-order valence-corrected chi connectivity index (χ3v) is 7.75. The molecular formula is C25H30F3N7O2. The first-order chi connectivity index (χ1) is 17.4. The summed E-state index contributed by atoms with van der Waals surface area (Å²) in [7, 11) is 0. The minimum Gasteiger partial charge on any atom is -0.444 e. The lowest BCUT2D eigenvalue weighted by Crippen LogP contribution is -2.50. The van der Waals surface area contributed by atoms with Crippen LogP contribution in [0.1, 0.15) is 45.6 Å². The van der Waals surface area contributed by atoms with E-state index in [2.05, 4.69) is 19.8 Å². The minimum absolute atomic E-state index is 0.0173. The van der Waals surface area contributed by atoms with Crippen molar-refractivity contribution in [3.8, 4) is 11.3 Å². The van der Waals surface area contributed by atoms with Crippen LogP contribution >= 0.6 is 0 Å². The molecule has 12 heteroatoms. The van der Waals surface area contributed by atoms with Crippen molar-refractivity contribution >= 4 is 23.7 Å². The van der Waals surface area contributed by atoms with Gasteiger partial charge in [0.25, 0.3) is 0 Å². The number of nitrogen functional groups attached to an aromatic ring is 1. The zero-order chi connectivity index (χ0) is 26.3. The second-order valence-electron chi connectivity index (χ2n) is 11.5. The van der Waals surface area contributed by atoms with E-state index in [4.69, 9.17) is 15.5 Å². The van der Waals surface area contributed by atoms with Crippen LogP contribution in [0.4, 0.5) is 35.5 Å². The number of hydrogen-bond acceptors (Lipinski definition) is 8. The van der Waals surface area contributed by atoms with E-state index in [-0.39, 0.29) is 23.7 Å². The molecule has 1 saturated carbocycles. The Morgan fingerprint density at radius 3 is 2.35 bits per heavy atom. The van der Waals surface area contributed by atoms with Gasteiger partial charge < -0.3 is 25.2 Å². The SMILES string of the molecule is CC(C)(C)OC(=O)N1CC2CC1CN2c1cc(-c2cnc(N)c(C(F)(F)F)c2)nc(N2CC3CC2C3)n1. The molecule has 7 rings (SSSR count). The van der Waals surface area contributed by atoms with Crippen molar-refractivity contribution < 1.29 is 22.7 Å². The second kappa shape index (κ2) is 8.09. The average Bonchev–Trinajstić information content (AvgIpc) is 3.56. The molecular weight excluding hydrogens is 487 g/mol. The summed E-state index contributed by atoms with van der Waals surface area (Å²) < 4.78 is 46.2. The lowest BCUT2D eigenvalue weighted by atomic mass is 9.86. The summed E-state index contributed by atoms with van der Waals surface area (Å²) in [4.78, 5) is 32.1. The topological polar surface area (TPSA) is 101 Å². The molecule has 198 valence electrons. The van der Waals surface area contributed by atoms with Crippen molar-refractivity contribution in [2.75, 3.05) is 35.2 Å². The van der Waals surface area contributed by atoms with Crippen molar-refractivity contribution in [2.45, 2.75) is 69.9 Å². The molecule has 2 N–H and O–H groups in total. The molecule has 1 amide bonds. The highest BCUT2D eigenvalue weighted by Crippen LogP contribution is 2.44. The van der Waals surface area contributed by atoms with Gasteiger partial charge in [-0.3, -0.25) is 0 Å². The number of ether oxygens (including phenoxy) is 1. The van der Waals surface area contributed by atoms with E-state index in [0.29, 0.717) is 42.5 Å². The maximum Gasteiger partial charge on any atom is 0.419 e. The Hall–Kier alpha value is -3.31. The number of aromatic nitrogens is 3. The van der Waals surface area contributed by atoms with E-state index >= 15 is 0 Å². The van der Waals surface area contributed by atoms with Gasteiger partial charge in [-0.2, -0.15) is 18.2 Å². The number of amides is 1. The standard InChI is InChI=1S/C25H30F3N7O2/c1-24(2,3)37-23(36)35-12-16-7-17(35)11-33(16)20-8-19(14-6-18(25(26,27)28)21(29)30-9-14)31-22(32-20)34-10-13-4-15(34)5-13/h6,8-9,13,15-17H,4-5,7,10-12H2,1-3H3,(H2,29,30). The maximum atomic E-state index is 13.5. The average molecular weight is 518 g/mol. The number of halogens is 3. The number of piperazine rings is 1. The molecule has 5 aliphatic rings. The van der Waals surface area contributed by atoms with Gasteiger partial charge in [-0.05, 0) is 52.0 Å². The normalized spacial score (nSPS) is 26.6. The third-order valence-electron chi connectivity index (χ3n) is 7.75. The van der Waals surface area contributed by atoms with Crippen LogP contribution in [0.3, 0.4) is 0 Å². The number of fused-ring (bicyclic) bond motifs is 3. The molecule has 2 unspecified atom stereocenters. The van der Waals surface area contributed by atoms with Crippen LogP contribution in [0.15, 0.2) is 18.3 Å². The van der Waals surface area contributed by atoms with Crippen LogP contribution in [0, 0.1) is 5.92 Å². The summed E-state index contributed by atoms with van der Waals surface area (Å²) in [6.45, 7) is 7.45. The number of carbonyl (C=O) groups is 1. The van der Waals surface area contributed by atoms with Gasteiger partial charge in [0.05, 0.1) is 23.3 Å². The van der Waals surface area contributed by atoms with Crippen molar-refractivity contribution in [1.29, 1.82) is 0 Å². The summed E-state index contributed by atoms with van der Waals surface area (Å²) in [5.74, 6) is 1.21. The van der Waals surface area contributed by atoms with Gasteiger partial charge in [-0.15, -0.1) is 0 Å². The number of anilines is 3. The Labute approximate surface area is 212 Å². The van der Waals surface area contributed by atoms with E-state index in [1.807, 2.05) is 20.8 Å². The monoisotopic (exact) mass is 517 g/mol. The van der Waals surface area contributed by atoms with Crippen LogP contribution < -0.4 is 15.5 Å². The predicted octanol–water partition coefficient (Wildman–Crippen LogP) is 3.94. The first kappa shape index (κ1) is 24.1. The van der Waals surface area contributed by atoms with E-state index in [9.17, 15) is 18.0 Å². The molecule has 1 aliphatic carbocycles. The molecule has 5 fully saturated rings. The smallest absolute Gasteiger partial charge is 0.419 e. The molecule has 2 atom stereocenters. The van der Waals surface area contributed by atoms with E-state index in [1.54, 1.807) is 11.0 Å². The summed E-state index contributed by atoms with van der Waals surface area (Å²) in [5, 5.41) is 0. The van der Waals surface area contributed by atoms with Gasteiger partial charge >= 0.3 is 12.3 Å². The first-order valence-electron chi connectivity index (χ1n) is 12.6. The number of nitrogens with two attached hydrogens (primary N) is 1. The maximum absolute atomic E-state index is 13.5. The van der Waals surface area contributed by atoms with Crippen LogP contribution in [0.5, 0.6) is 0 Å². The third kappa shape index (κ3) is 4.29. The van der Waals surface area contributed by atoms with E-state index < -0.39 is 23.2 Å². The minimum atomic E-state index is -4.62. The van der Waals surface area contributed by atoms with Gasteiger partial charge in [-0.25, -0.2) is 14.8 Å². The number of alkyl halides is 3. The van der Waals surface area contributed by atoms with Gasteiger partial charge in [0.2, 0.25) is 5.95 Å². The molecule has 2 aromatic heterocycles. The molecule has 4 saturated heterocycles. The second-order valence-corrected chi connectivity index (χ2v) is 11.5. The van der Waals surface area contributed by atoms with E-state index in [1.165, 1.54) is 6.20 Å². The highest BCUT2D eigenvalue weighted by molar-refractivity contribution is 5.71. The molecule has 0 radical (unpaired) electrons. The van der Waals surface area contributed by atoms with Gasteiger partial charge in [-0.1, -0.05) is 0 Å². The van der Waals surface area contributed by atoms with Crippen LogP contribution in [0.2, 0.25) is 0 Å². The summed E-state index contributed by atoms with van der Waals surface area (Å²) >= 11 is 0. The summed E-state index contributed by atoms with van der Waals surface area (Å²) in [5.41, 5.74) is 4.58. The number of hydrogen-bond donors (Lipinski definition) is 1. The zero-order valence-corrected chi connectivity index (χ0v) is 21.0. The van der Waals surface area contributed by atoms with Gasteiger partial charge in [0, 0.05) is 43.5 Å². The van der Waals surface area contributed by atoms with Crippen LogP contribution in [-0.2, 0) is 10.9 Å². The quantitative estimate of drug-likeness (QED) is 0.654. The molecule has 9 nitrogen and oxygen atoms in total. The summed E-state index contributed by atoms with van der Waals surface area (Å²) in [6.07, 6.45) is -0.669. The fourth-order valence-corrected chi connectivity index (χ4v) is 5.96. The fourth-order valence-electron chi connectivity index (χ4n) is 5.96. The lowest BCUT2D eigenvalue weighted by molar-refractivity contribution is -0.137. The first-order valence-corrected chi connectivity index (χ1v) is 12.6. The number of nitrogens with zero attached hydrogens (tertiary/aromatic N) is 6. The predicted molar refractivity (Wildman–Crippen MR) is 131 cm³/mol. The van der Waals surface area contributed by atoms with E-state index in [0.717, 1.165) is 31.9 Å². The molecule has 4 bridgehead atoms. The molecule has 0 spiro atoms. The molecule has 37 heavy (non-hydrogen) atoms. The largest absolute Gasteiger partial charge is 0.444 e. The van der Waals surface area contributed by atoms with Crippen molar-refractivity contribution in [3.05, 3.63) is 23.9 Å². The van der Waals surface area contributed by atoms with Crippen LogP contribution in [-0.4, -0.2) is 69.3 Å². The molecule has 2 aromatic rings. The number of rotatable bonds is 3. The number of carbonyl (C=O) groups excluding carboxylic acids is 1. The molecule has 0 aromatic carbocycles. The Morgan fingerprint density at radius 2 is 1.76 bits per heavy atom. The Morgan fingerprint density at radius 1 is 1.00 bits per heavy atom. The number of pyridine rings is 1. The van der Waals surface area contributed by atoms with Crippen molar-refractivity contribution in [1.82, 2.24) is 19.9 Å². The Bertz CT molecular complexity index is 1240. The zero-order valence-electron chi connectivity index (χ0n) is 21.0. The van der Waals surface area contributed by atoms with Gasteiger partial charge in [0.1, 0.15) is 17.2 Å². The highest BCUT2D eigenvalue weighted by Gasteiger charge is 2.48. The lowest BCUT2D eigenvalue weighted by Gasteiger charge is -2.36. The Balaban J connectivity index is 1.33.